The van der Waals surface area contributed by atoms with E-state index in [0.29, 0.717) is 0 Å². The first-order valence-electron chi connectivity index (χ1n) is 4.19. The first-order valence-corrected chi connectivity index (χ1v) is 4.19. The summed E-state index contributed by atoms with van der Waals surface area (Å²) in [6.07, 6.45) is -10.3. The number of hydrogen-bond donors (Lipinski definition) is 1. The summed E-state index contributed by atoms with van der Waals surface area (Å²) in [5.41, 5.74) is -3.07. The highest BCUT2D eigenvalue weighted by Crippen LogP contribution is 2.36. The molecule has 1 rings (SSSR count). The normalized spacial score (nSPS) is 12.4. The molecule has 0 bridgehead atoms. The maximum Gasteiger partial charge on any atom is 0.573 e. The van der Waals surface area contributed by atoms with Gasteiger partial charge in [-0.15, -0.1) is 13.2 Å². The van der Waals surface area contributed by atoms with E-state index in [1.54, 1.807) is 0 Å². The molecule has 4 nitrogen and oxygen atoms in total. The zero-order valence-corrected chi connectivity index (χ0v) is 8.57. The molecule has 0 spiro atoms. The Morgan fingerprint density at radius 1 is 1.17 bits per heavy atom. The predicted octanol–water partition coefficient (Wildman–Crippen LogP) is 2.30. The molecule has 0 radical (unpaired) electrons. The van der Waals surface area contributed by atoms with Crippen molar-refractivity contribution in [2.45, 2.75) is 12.5 Å². The molecule has 0 unspecified atom stereocenters. The van der Waals surface area contributed by atoms with Crippen LogP contribution in [0.5, 0.6) is 11.6 Å². The van der Waals surface area contributed by atoms with Gasteiger partial charge in [0.25, 0.3) is 5.56 Å². The van der Waals surface area contributed by atoms with Crippen molar-refractivity contribution in [3.63, 3.8) is 0 Å². The van der Waals surface area contributed by atoms with Gasteiger partial charge in [-0.3, -0.25) is 9.78 Å². The Balaban J connectivity index is 3.36. The number of hydrogen-bond acceptors (Lipinski definition) is 3. The number of ether oxygens (including phenoxy) is 2. The molecular formula is C8H5F6NO3. The third kappa shape index (κ3) is 3.31. The summed E-state index contributed by atoms with van der Waals surface area (Å²) in [6, 6.07) is -0.0782. The Morgan fingerprint density at radius 2 is 1.72 bits per heavy atom. The lowest BCUT2D eigenvalue weighted by atomic mass is 10.2. The molecule has 0 saturated heterocycles. The number of rotatable bonds is 2. The summed E-state index contributed by atoms with van der Waals surface area (Å²) in [5, 5.41) is 0. The van der Waals surface area contributed by atoms with Crippen LogP contribution in [0.2, 0.25) is 0 Å². The molecule has 0 amide bonds. The fourth-order valence-corrected chi connectivity index (χ4v) is 1.07. The Morgan fingerprint density at radius 3 is 2.11 bits per heavy atom. The van der Waals surface area contributed by atoms with Gasteiger partial charge in [-0.2, -0.15) is 13.2 Å². The minimum absolute atomic E-state index is 0.0782. The van der Waals surface area contributed by atoms with Gasteiger partial charge >= 0.3 is 12.5 Å². The van der Waals surface area contributed by atoms with Crippen molar-refractivity contribution in [1.29, 1.82) is 0 Å². The lowest BCUT2D eigenvalue weighted by Gasteiger charge is -2.13. The molecule has 0 aliphatic carbocycles. The number of halogens is 6. The van der Waals surface area contributed by atoms with Gasteiger partial charge < -0.3 is 9.47 Å². The van der Waals surface area contributed by atoms with Crippen LogP contribution in [0, 0.1) is 0 Å². The van der Waals surface area contributed by atoms with Crippen molar-refractivity contribution >= 4 is 0 Å². The highest BCUT2D eigenvalue weighted by molar-refractivity contribution is 5.35. The molecule has 0 aliphatic heterocycles. The molecule has 1 N–H and O–H groups in total. The van der Waals surface area contributed by atoms with Gasteiger partial charge in [-0.1, -0.05) is 0 Å². The molecular weight excluding hydrogens is 272 g/mol. The topological polar surface area (TPSA) is 51.3 Å². The van der Waals surface area contributed by atoms with Crippen LogP contribution in [0.1, 0.15) is 5.56 Å². The van der Waals surface area contributed by atoms with E-state index in [1.165, 1.54) is 4.98 Å². The SMILES string of the molecule is COc1[nH]c(=O)c(OC(F)(F)F)cc1C(F)(F)F. The van der Waals surface area contributed by atoms with E-state index in [-0.39, 0.29) is 6.07 Å². The van der Waals surface area contributed by atoms with Crippen LogP contribution >= 0.6 is 0 Å². The molecule has 0 fully saturated rings. The van der Waals surface area contributed by atoms with Gasteiger partial charge in [0.1, 0.15) is 5.56 Å². The molecule has 1 aromatic heterocycles. The van der Waals surface area contributed by atoms with E-state index in [2.05, 4.69) is 9.47 Å². The number of aromatic nitrogens is 1. The van der Waals surface area contributed by atoms with E-state index in [1.807, 2.05) is 0 Å². The van der Waals surface area contributed by atoms with Gasteiger partial charge in [0, 0.05) is 6.07 Å². The predicted molar refractivity (Wildman–Crippen MR) is 45.3 cm³/mol. The quantitative estimate of drug-likeness (QED) is 0.844. The van der Waals surface area contributed by atoms with Crippen LogP contribution in [0.4, 0.5) is 26.3 Å². The minimum atomic E-state index is -5.27. The Hall–Kier alpha value is -1.87. The monoisotopic (exact) mass is 277 g/mol. The van der Waals surface area contributed by atoms with Crippen molar-refractivity contribution in [1.82, 2.24) is 4.98 Å². The summed E-state index contributed by atoms with van der Waals surface area (Å²) in [6.45, 7) is 0. The smallest absolute Gasteiger partial charge is 0.482 e. The summed E-state index contributed by atoms with van der Waals surface area (Å²) >= 11 is 0. The van der Waals surface area contributed by atoms with Crippen molar-refractivity contribution in [3.05, 3.63) is 22.0 Å². The number of methoxy groups -OCH3 is 1. The van der Waals surface area contributed by atoms with Crippen LogP contribution in [-0.2, 0) is 6.18 Å². The number of aromatic amines is 1. The van der Waals surface area contributed by atoms with Gasteiger partial charge in [0.15, 0.2) is 5.75 Å². The van der Waals surface area contributed by atoms with Crippen LogP contribution < -0.4 is 15.0 Å². The van der Waals surface area contributed by atoms with Gasteiger partial charge in [0.05, 0.1) is 7.11 Å². The first kappa shape index (κ1) is 14.2. The molecule has 18 heavy (non-hydrogen) atoms. The molecule has 0 saturated carbocycles. The van der Waals surface area contributed by atoms with Crippen molar-refractivity contribution in [2.24, 2.45) is 0 Å². The van der Waals surface area contributed by atoms with E-state index in [9.17, 15) is 31.1 Å². The number of H-pyrrole nitrogens is 1. The lowest BCUT2D eigenvalue weighted by Crippen LogP contribution is -2.24. The number of alkyl halides is 6. The molecule has 1 aromatic rings. The molecule has 10 heteroatoms. The van der Waals surface area contributed by atoms with E-state index in [4.69, 9.17) is 0 Å². The third-order valence-electron chi connectivity index (χ3n) is 1.71. The minimum Gasteiger partial charge on any atom is -0.482 e. The Bertz CT molecular complexity index is 489. The highest BCUT2D eigenvalue weighted by atomic mass is 19.4. The van der Waals surface area contributed by atoms with Crippen molar-refractivity contribution in [3.8, 4) is 11.6 Å². The summed E-state index contributed by atoms with van der Waals surface area (Å²) < 4.78 is 80.3. The second-order valence-corrected chi connectivity index (χ2v) is 2.96. The standard InChI is InChI=1S/C8H5F6NO3/c1-17-6-3(7(9,10)11)2-4(5(16)15-6)18-8(12,13)14/h2H,1H3,(H,15,16). The zero-order chi connectivity index (χ0) is 14.1. The summed E-state index contributed by atoms with van der Waals surface area (Å²) in [7, 11) is 0.824. The molecule has 102 valence electrons. The van der Waals surface area contributed by atoms with Gasteiger partial charge in [0.2, 0.25) is 5.88 Å². The van der Waals surface area contributed by atoms with Crippen molar-refractivity contribution < 1.29 is 35.8 Å². The average Bonchev–Trinajstić information content (AvgIpc) is 2.16. The molecule has 1 heterocycles. The fourth-order valence-electron chi connectivity index (χ4n) is 1.07. The summed E-state index contributed by atoms with van der Waals surface area (Å²) in [4.78, 5) is 12.5. The van der Waals surface area contributed by atoms with E-state index < -0.39 is 35.3 Å². The molecule has 0 aliphatic rings. The van der Waals surface area contributed by atoms with Crippen LogP contribution in [-0.4, -0.2) is 18.5 Å². The lowest BCUT2D eigenvalue weighted by molar-refractivity contribution is -0.275. The van der Waals surface area contributed by atoms with Crippen LogP contribution in [0.25, 0.3) is 0 Å². The van der Waals surface area contributed by atoms with Crippen molar-refractivity contribution in [2.75, 3.05) is 7.11 Å². The number of pyridine rings is 1. The summed E-state index contributed by atoms with van der Waals surface area (Å²) in [5.74, 6) is -2.52. The zero-order valence-electron chi connectivity index (χ0n) is 8.57. The Kier molecular flexibility index (Phi) is 3.49. The third-order valence-corrected chi connectivity index (χ3v) is 1.71. The maximum absolute atomic E-state index is 12.4. The van der Waals surface area contributed by atoms with Gasteiger partial charge in [-0.05, 0) is 0 Å². The maximum atomic E-state index is 12.4. The van der Waals surface area contributed by atoms with Gasteiger partial charge in [-0.25, -0.2) is 0 Å². The van der Waals surface area contributed by atoms with E-state index >= 15 is 0 Å². The largest absolute Gasteiger partial charge is 0.573 e. The van der Waals surface area contributed by atoms with E-state index in [0.717, 1.165) is 7.11 Å². The first-order chi connectivity index (χ1) is 8.04. The second-order valence-electron chi connectivity index (χ2n) is 2.96. The molecule has 0 atom stereocenters. The Labute approximate surface area is 95.1 Å². The highest BCUT2D eigenvalue weighted by Gasteiger charge is 2.38. The number of nitrogens with one attached hydrogen (secondary N) is 1. The van der Waals surface area contributed by atoms with Crippen LogP contribution in [0.15, 0.2) is 10.9 Å². The fraction of sp³-hybridized carbons (Fsp3) is 0.375. The van der Waals surface area contributed by atoms with Crippen LogP contribution in [0.3, 0.4) is 0 Å². The molecule has 0 aromatic carbocycles. The average molecular weight is 277 g/mol. The second kappa shape index (κ2) is 4.42.